The van der Waals surface area contributed by atoms with Crippen molar-refractivity contribution < 1.29 is 0 Å². The fraction of sp³-hybridized carbons (Fsp3) is 0.273. The number of hydrogen-bond donors (Lipinski definition) is 1. The van der Waals surface area contributed by atoms with Crippen LogP contribution in [0.5, 0.6) is 0 Å². The molecule has 0 saturated carbocycles. The zero-order valence-electron chi connectivity index (χ0n) is 7.99. The lowest BCUT2D eigenvalue weighted by Crippen LogP contribution is -1.97. The van der Waals surface area contributed by atoms with E-state index in [1.54, 1.807) is 12.3 Å². The van der Waals surface area contributed by atoms with Crippen molar-refractivity contribution in [2.24, 2.45) is 10.9 Å². The lowest BCUT2D eigenvalue weighted by molar-refractivity contribution is 0.907. The van der Waals surface area contributed by atoms with E-state index in [1.807, 2.05) is 24.4 Å². The first-order valence-electron chi connectivity index (χ1n) is 4.37. The van der Waals surface area contributed by atoms with Crippen LogP contribution in [0.1, 0.15) is 13.8 Å². The third-order valence-corrected chi connectivity index (χ3v) is 1.56. The van der Waals surface area contributed by atoms with Crippen LogP contribution in [0, 0.1) is 11.3 Å². The molecule has 0 unspecified atom stereocenters. The average Bonchev–Trinajstić information content (AvgIpc) is 2.08. The van der Waals surface area contributed by atoms with E-state index < -0.39 is 0 Å². The molecule has 0 spiro atoms. The van der Waals surface area contributed by atoms with Crippen LogP contribution in [0.3, 0.4) is 0 Å². The molecular weight excluding hydrogens is 160 g/mol. The molecule has 0 bridgehead atoms. The highest BCUT2D eigenvalue weighted by Gasteiger charge is 1.99. The fourth-order valence-corrected chi connectivity index (χ4v) is 0.905. The second-order valence-electron chi connectivity index (χ2n) is 3.26. The molecule has 2 heteroatoms. The summed E-state index contributed by atoms with van der Waals surface area (Å²) in [4.78, 5) is 4.13. The van der Waals surface area contributed by atoms with Gasteiger partial charge in [0.25, 0.3) is 0 Å². The summed E-state index contributed by atoms with van der Waals surface area (Å²) in [6.45, 7) is 4.15. The smallest absolute Gasteiger partial charge is 0.0627 e. The first kappa shape index (κ1) is 9.65. The van der Waals surface area contributed by atoms with Crippen molar-refractivity contribution in [2.45, 2.75) is 13.8 Å². The van der Waals surface area contributed by atoms with Crippen LogP contribution in [0.15, 0.2) is 41.1 Å². The summed E-state index contributed by atoms with van der Waals surface area (Å²) in [5.74, 6) is 0.453. The highest BCUT2D eigenvalue weighted by Crippen LogP contribution is 2.06. The number of nitrogens with one attached hydrogen (secondary N) is 1. The predicted molar refractivity (Wildman–Crippen MR) is 57.4 cm³/mol. The molecular formula is C11H14N2. The van der Waals surface area contributed by atoms with Gasteiger partial charge in [-0.2, -0.15) is 0 Å². The summed E-state index contributed by atoms with van der Waals surface area (Å²) < 4.78 is 0. The lowest BCUT2D eigenvalue weighted by Gasteiger charge is -2.01. The minimum Gasteiger partial charge on any atom is -0.300 e. The summed E-state index contributed by atoms with van der Waals surface area (Å²) in [5.41, 5.74) is 1.38. The highest BCUT2D eigenvalue weighted by atomic mass is 14.7. The molecule has 0 heterocycles. The van der Waals surface area contributed by atoms with Gasteiger partial charge >= 0.3 is 0 Å². The van der Waals surface area contributed by atoms with E-state index in [2.05, 4.69) is 18.8 Å². The van der Waals surface area contributed by atoms with Crippen molar-refractivity contribution >= 4 is 11.9 Å². The molecule has 0 aromatic carbocycles. The molecule has 68 valence electrons. The van der Waals surface area contributed by atoms with Crippen LogP contribution in [-0.4, -0.2) is 11.9 Å². The van der Waals surface area contributed by atoms with Gasteiger partial charge in [0.05, 0.1) is 5.71 Å². The molecule has 0 amide bonds. The molecule has 0 fully saturated rings. The Bertz CT molecular complexity index is 304. The molecule has 0 aromatic rings. The summed E-state index contributed by atoms with van der Waals surface area (Å²) in [5, 5.41) is 7.55. The standard InChI is InChI=1S/C11H14N2/c1-9(2)7-13-8-10-5-3-4-6-11(10)12/h3-9,12H,1-2H3/b10-8-,12-11?,13-7?. The number of hydrogen-bond acceptors (Lipinski definition) is 2. The van der Waals surface area contributed by atoms with E-state index in [1.165, 1.54) is 0 Å². The third-order valence-electron chi connectivity index (χ3n) is 1.56. The molecule has 2 nitrogen and oxygen atoms in total. The van der Waals surface area contributed by atoms with E-state index in [0.29, 0.717) is 11.6 Å². The summed E-state index contributed by atoms with van der Waals surface area (Å²) in [6.07, 6.45) is 11.0. The lowest BCUT2D eigenvalue weighted by atomic mass is 10.1. The topological polar surface area (TPSA) is 36.2 Å². The van der Waals surface area contributed by atoms with E-state index in [4.69, 9.17) is 5.41 Å². The zero-order chi connectivity index (χ0) is 9.68. The van der Waals surface area contributed by atoms with Gasteiger partial charge in [0.15, 0.2) is 0 Å². The van der Waals surface area contributed by atoms with E-state index in [0.717, 1.165) is 5.57 Å². The Hall–Kier alpha value is -1.44. The maximum absolute atomic E-state index is 7.55. The summed E-state index contributed by atoms with van der Waals surface area (Å²) in [7, 11) is 0. The van der Waals surface area contributed by atoms with Gasteiger partial charge in [-0.15, -0.1) is 0 Å². The molecule has 0 radical (unpaired) electrons. The van der Waals surface area contributed by atoms with E-state index in [9.17, 15) is 0 Å². The molecule has 0 aromatic heterocycles. The van der Waals surface area contributed by atoms with Crippen LogP contribution in [0.25, 0.3) is 0 Å². The molecule has 1 rings (SSSR count). The van der Waals surface area contributed by atoms with Gasteiger partial charge in [-0.1, -0.05) is 32.1 Å². The van der Waals surface area contributed by atoms with Gasteiger partial charge in [0.1, 0.15) is 0 Å². The third kappa shape index (κ3) is 3.20. The Kier molecular flexibility index (Phi) is 3.38. The number of allylic oxidation sites excluding steroid dienone is 5. The second-order valence-corrected chi connectivity index (χ2v) is 3.26. The van der Waals surface area contributed by atoms with Gasteiger partial charge in [-0.05, 0) is 12.0 Å². The van der Waals surface area contributed by atoms with Crippen LogP contribution >= 0.6 is 0 Å². The van der Waals surface area contributed by atoms with Crippen molar-refractivity contribution in [3.05, 3.63) is 36.1 Å². The van der Waals surface area contributed by atoms with Crippen LogP contribution in [0.4, 0.5) is 0 Å². The van der Waals surface area contributed by atoms with Crippen molar-refractivity contribution in [2.75, 3.05) is 0 Å². The van der Waals surface area contributed by atoms with Crippen molar-refractivity contribution in [1.29, 1.82) is 5.41 Å². The first-order valence-corrected chi connectivity index (χ1v) is 4.37. The maximum atomic E-state index is 7.55. The normalized spacial score (nSPS) is 19.6. The maximum Gasteiger partial charge on any atom is 0.0627 e. The Morgan fingerprint density at radius 2 is 2.00 bits per heavy atom. The number of aliphatic imine (C=N–C) groups is 1. The van der Waals surface area contributed by atoms with E-state index >= 15 is 0 Å². The van der Waals surface area contributed by atoms with Gasteiger partial charge < -0.3 is 5.41 Å². The first-order chi connectivity index (χ1) is 6.20. The molecule has 1 N–H and O–H groups in total. The summed E-state index contributed by atoms with van der Waals surface area (Å²) >= 11 is 0. The fourth-order valence-electron chi connectivity index (χ4n) is 0.905. The predicted octanol–water partition coefficient (Wildman–Crippen LogP) is 2.74. The molecule has 0 saturated heterocycles. The monoisotopic (exact) mass is 174 g/mol. The van der Waals surface area contributed by atoms with Crippen LogP contribution in [-0.2, 0) is 0 Å². The highest BCUT2D eigenvalue weighted by molar-refractivity contribution is 6.09. The second kappa shape index (κ2) is 4.55. The van der Waals surface area contributed by atoms with Crippen molar-refractivity contribution in [3.63, 3.8) is 0 Å². The van der Waals surface area contributed by atoms with Gasteiger partial charge in [-0.25, -0.2) is 0 Å². The quantitative estimate of drug-likeness (QED) is 0.625. The SMILES string of the molecule is CC(C)C=N/C=C1/C=CC=CC1=N. The zero-order valence-corrected chi connectivity index (χ0v) is 7.99. The molecule has 0 aliphatic heterocycles. The molecule has 13 heavy (non-hydrogen) atoms. The summed E-state index contributed by atoms with van der Waals surface area (Å²) in [6, 6.07) is 0. The van der Waals surface area contributed by atoms with Gasteiger partial charge in [0, 0.05) is 18.0 Å². The Morgan fingerprint density at radius 3 is 2.62 bits per heavy atom. The van der Waals surface area contributed by atoms with Gasteiger partial charge in [0.2, 0.25) is 0 Å². The van der Waals surface area contributed by atoms with Crippen LogP contribution in [0.2, 0.25) is 0 Å². The molecule has 1 aliphatic rings. The Morgan fingerprint density at radius 1 is 1.31 bits per heavy atom. The van der Waals surface area contributed by atoms with Crippen LogP contribution < -0.4 is 0 Å². The molecule has 0 atom stereocenters. The van der Waals surface area contributed by atoms with E-state index in [-0.39, 0.29) is 0 Å². The average molecular weight is 174 g/mol. The van der Waals surface area contributed by atoms with Gasteiger partial charge in [-0.3, -0.25) is 4.99 Å². The minimum absolute atomic E-state index is 0.453. The van der Waals surface area contributed by atoms with Crippen molar-refractivity contribution in [1.82, 2.24) is 0 Å². The Balaban J connectivity index is 2.67. The largest absolute Gasteiger partial charge is 0.300 e. The number of nitrogens with zero attached hydrogens (tertiary/aromatic N) is 1. The molecule has 1 aliphatic carbocycles. The van der Waals surface area contributed by atoms with Crippen molar-refractivity contribution in [3.8, 4) is 0 Å². The minimum atomic E-state index is 0.453. The number of rotatable bonds is 2. The Labute approximate surface area is 78.9 Å².